The first-order valence-corrected chi connectivity index (χ1v) is 8.40. The summed E-state index contributed by atoms with van der Waals surface area (Å²) in [5, 5.41) is 2.85. The zero-order valence-corrected chi connectivity index (χ0v) is 14.4. The van der Waals surface area contributed by atoms with Crippen LogP contribution in [-0.2, 0) is 13.0 Å². The van der Waals surface area contributed by atoms with Gasteiger partial charge in [0.15, 0.2) is 11.6 Å². The molecule has 5 heteroatoms. The minimum absolute atomic E-state index is 0.163. The Balaban J connectivity index is 1.63. The summed E-state index contributed by atoms with van der Waals surface area (Å²) in [7, 11) is 0. The summed E-state index contributed by atoms with van der Waals surface area (Å²) in [4.78, 5) is 16.4. The number of ether oxygens (including phenoxy) is 1. The van der Waals surface area contributed by atoms with Crippen molar-refractivity contribution in [3.8, 4) is 11.5 Å². The lowest BCUT2D eigenvalue weighted by molar-refractivity contribution is 0.0950. The molecule has 0 aliphatic carbocycles. The monoisotopic (exact) mass is 350 g/mol. The zero-order chi connectivity index (χ0) is 18.4. The molecule has 4 nitrogen and oxygen atoms in total. The number of nitrogens with one attached hydrogen (secondary N) is 1. The molecule has 0 saturated heterocycles. The number of benzene rings is 2. The second kappa shape index (κ2) is 8.25. The lowest BCUT2D eigenvalue weighted by Crippen LogP contribution is -2.22. The summed E-state index contributed by atoms with van der Waals surface area (Å²) in [6, 6.07) is 17.0. The van der Waals surface area contributed by atoms with Gasteiger partial charge in [-0.2, -0.15) is 0 Å². The van der Waals surface area contributed by atoms with Crippen LogP contribution in [-0.4, -0.2) is 10.9 Å². The third-order valence-electron chi connectivity index (χ3n) is 3.87. The van der Waals surface area contributed by atoms with E-state index in [0.29, 0.717) is 17.9 Å². The van der Waals surface area contributed by atoms with E-state index in [9.17, 15) is 9.18 Å². The topological polar surface area (TPSA) is 51.2 Å². The van der Waals surface area contributed by atoms with E-state index in [1.165, 1.54) is 6.07 Å². The molecule has 0 unspecified atom stereocenters. The third-order valence-corrected chi connectivity index (χ3v) is 3.87. The SMILES string of the molecule is CCc1ccc(C(=O)NCc2cccc(Oc3ccccc3F)c2)cn1. The molecule has 26 heavy (non-hydrogen) atoms. The van der Waals surface area contributed by atoms with Crippen LogP contribution in [0.2, 0.25) is 0 Å². The molecule has 0 aliphatic rings. The number of aromatic nitrogens is 1. The van der Waals surface area contributed by atoms with Crippen molar-refractivity contribution in [2.24, 2.45) is 0 Å². The van der Waals surface area contributed by atoms with Crippen LogP contribution in [0, 0.1) is 5.82 Å². The van der Waals surface area contributed by atoms with Gasteiger partial charge in [0.05, 0.1) is 5.56 Å². The largest absolute Gasteiger partial charge is 0.454 e. The normalized spacial score (nSPS) is 10.4. The maximum absolute atomic E-state index is 13.7. The number of amides is 1. The van der Waals surface area contributed by atoms with Crippen LogP contribution < -0.4 is 10.1 Å². The highest BCUT2D eigenvalue weighted by molar-refractivity contribution is 5.93. The molecule has 1 aromatic heterocycles. The van der Waals surface area contributed by atoms with Gasteiger partial charge in [-0.15, -0.1) is 0 Å². The first-order valence-electron chi connectivity index (χ1n) is 8.40. The van der Waals surface area contributed by atoms with Gasteiger partial charge in [0.25, 0.3) is 5.91 Å². The Morgan fingerprint density at radius 1 is 1.12 bits per heavy atom. The molecule has 1 N–H and O–H groups in total. The molecule has 132 valence electrons. The van der Waals surface area contributed by atoms with Crippen LogP contribution in [0.4, 0.5) is 4.39 Å². The Labute approximate surface area is 151 Å². The quantitative estimate of drug-likeness (QED) is 0.712. The van der Waals surface area contributed by atoms with Crippen molar-refractivity contribution in [2.75, 3.05) is 0 Å². The molecule has 0 radical (unpaired) electrons. The Morgan fingerprint density at radius 2 is 1.96 bits per heavy atom. The van der Waals surface area contributed by atoms with E-state index < -0.39 is 5.82 Å². The standard InChI is InChI=1S/C21H19FN2O2/c1-2-17-11-10-16(14-23-17)21(25)24-13-15-6-5-7-18(12-15)26-20-9-4-3-8-19(20)22/h3-12,14H,2,13H2,1H3,(H,24,25). The van der Waals surface area contributed by atoms with E-state index in [2.05, 4.69) is 10.3 Å². The van der Waals surface area contributed by atoms with Gasteiger partial charge in [0.2, 0.25) is 0 Å². The molecule has 0 atom stereocenters. The Morgan fingerprint density at radius 3 is 2.69 bits per heavy atom. The molecule has 2 aromatic carbocycles. The smallest absolute Gasteiger partial charge is 0.253 e. The average molecular weight is 350 g/mol. The third kappa shape index (κ3) is 4.45. The molecule has 0 fully saturated rings. The van der Waals surface area contributed by atoms with Crippen molar-refractivity contribution in [3.63, 3.8) is 0 Å². The van der Waals surface area contributed by atoms with Gasteiger partial charge in [-0.3, -0.25) is 9.78 Å². The molecule has 1 amide bonds. The maximum Gasteiger partial charge on any atom is 0.253 e. The van der Waals surface area contributed by atoms with Crippen LogP contribution in [0.5, 0.6) is 11.5 Å². The molecular weight excluding hydrogens is 331 g/mol. The molecule has 1 heterocycles. The average Bonchev–Trinajstić information content (AvgIpc) is 2.68. The Hall–Kier alpha value is -3.21. The molecule has 3 rings (SSSR count). The van der Waals surface area contributed by atoms with E-state index >= 15 is 0 Å². The number of rotatable bonds is 6. The summed E-state index contributed by atoms with van der Waals surface area (Å²) in [5.74, 6) is 0.0569. The van der Waals surface area contributed by atoms with Gasteiger partial charge in [-0.05, 0) is 48.4 Å². The second-order valence-electron chi connectivity index (χ2n) is 5.75. The van der Waals surface area contributed by atoms with E-state index in [1.54, 1.807) is 48.7 Å². The summed E-state index contributed by atoms with van der Waals surface area (Å²) < 4.78 is 19.3. The fourth-order valence-electron chi connectivity index (χ4n) is 2.43. The van der Waals surface area contributed by atoms with Crippen LogP contribution in [0.1, 0.15) is 28.5 Å². The van der Waals surface area contributed by atoms with Crippen LogP contribution in [0.15, 0.2) is 66.9 Å². The van der Waals surface area contributed by atoms with Crippen molar-refractivity contribution in [2.45, 2.75) is 19.9 Å². The molecule has 3 aromatic rings. The fourth-order valence-corrected chi connectivity index (χ4v) is 2.43. The molecule has 0 saturated carbocycles. The van der Waals surface area contributed by atoms with Crippen molar-refractivity contribution >= 4 is 5.91 Å². The first-order chi connectivity index (χ1) is 12.7. The number of pyridine rings is 1. The number of para-hydroxylation sites is 1. The fraction of sp³-hybridized carbons (Fsp3) is 0.143. The van der Waals surface area contributed by atoms with Gasteiger partial charge in [0.1, 0.15) is 5.75 Å². The van der Waals surface area contributed by atoms with Crippen LogP contribution in [0.25, 0.3) is 0 Å². The van der Waals surface area contributed by atoms with Gasteiger partial charge in [0, 0.05) is 18.4 Å². The number of hydrogen-bond donors (Lipinski definition) is 1. The number of carbonyl (C=O) groups is 1. The van der Waals surface area contributed by atoms with Crippen LogP contribution >= 0.6 is 0 Å². The maximum atomic E-state index is 13.7. The molecular formula is C21H19FN2O2. The molecule has 0 aliphatic heterocycles. The Kier molecular flexibility index (Phi) is 5.59. The summed E-state index contributed by atoms with van der Waals surface area (Å²) in [5.41, 5.74) is 2.31. The summed E-state index contributed by atoms with van der Waals surface area (Å²) in [6.07, 6.45) is 2.41. The number of halogens is 1. The van der Waals surface area contributed by atoms with Gasteiger partial charge in [-0.25, -0.2) is 4.39 Å². The number of aryl methyl sites for hydroxylation is 1. The van der Waals surface area contributed by atoms with Crippen LogP contribution in [0.3, 0.4) is 0 Å². The predicted octanol–water partition coefficient (Wildman–Crippen LogP) is 4.51. The van der Waals surface area contributed by atoms with Crippen molar-refractivity contribution in [1.82, 2.24) is 10.3 Å². The van der Waals surface area contributed by atoms with Gasteiger partial charge in [-0.1, -0.05) is 31.2 Å². The summed E-state index contributed by atoms with van der Waals surface area (Å²) >= 11 is 0. The van der Waals surface area contributed by atoms with Crippen molar-refractivity contribution in [3.05, 3.63) is 89.5 Å². The molecule has 0 spiro atoms. The second-order valence-corrected chi connectivity index (χ2v) is 5.75. The van der Waals surface area contributed by atoms with E-state index in [4.69, 9.17) is 4.74 Å². The number of nitrogens with zero attached hydrogens (tertiary/aromatic N) is 1. The highest BCUT2D eigenvalue weighted by atomic mass is 19.1. The predicted molar refractivity (Wildman–Crippen MR) is 97.7 cm³/mol. The molecule has 0 bridgehead atoms. The highest BCUT2D eigenvalue weighted by Crippen LogP contribution is 2.24. The number of carbonyl (C=O) groups excluding carboxylic acids is 1. The zero-order valence-electron chi connectivity index (χ0n) is 14.4. The highest BCUT2D eigenvalue weighted by Gasteiger charge is 2.07. The van der Waals surface area contributed by atoms with Gasteiger partial charge >= 0.3 is 0 Å². The Bertz CT molecular complexity index is 895. The van der Waals surface area contributed by atoms with E-state index in [-0.39, 0.29) is 11.7 Å². The van der Waals surface area contributed by atoms with Crippen molar-refractivity contribution < 1.29 is 13.9 Å². The lowest BCUT2D eigenvalue weighted by Gasteiger charge is -2.09. The minimum Gasteiger partial charge on any atom is -0.454 e. The van der Waals surface area contributed by atoms with Gasteiger partial charge < -0.3 is 10.1 Å². The summed E-state index contributed by atoms with van der Waals surface area (Å²) in [6.45, 7) is 2.35. The van der Waals surface area contributed by atoms with E-state index in [1.807, 2.05) is 19.1 Å². The minimum atomic E-state index is -0.422. The number of hydrogen-bond acceptors (Lipinski definition) is 3. The van der Waals surface area contributed by atoms with E-state index in [0.717, 1.165) is 17.7 Å². The van der Waals surface area contributed by atoms with Crippen molar-refractivity contribution in [1.29, 1.82) is 0 Å². The lowest BCUT2D eigenvalue weighted by atomic mass is 10.2. The first kappa shape index (κ1) is 17.6.